The third kappa shape index (κ3) is 3.34. The molecule has 1 saturated heterocycles. The van der Waals surface area contributed by atoms with Gasteiger partial charge in [0.25, 0.3) is 5.91 Å². The molecule has 0 aliphatic carbocycles. The van der Waals surface area contributed by atoms with E-state index in [1.54, 1.807) is 5.38 Å². The van der Waals surface area contributed by atoms with Gasteiger partial charge in [-0.1, -0.05) is 18.6 Å². The molecule has 3 aromatic rings. The van der Waals surface area contributed by atoms with Crippen molar-refractivity contribution < 1.29 is 13.2 Å². The molecule has 1 N–H and O–H groups in total. The molecule has 0 atom stereocenters. The minimum Gasteiger partial charge on any atom is -0.310 e. The molecule has 2 aromatic heterocycles. The van der Waals surface area contributed by atoms with E-state index in [9.17, 15) is 13.2 Å². The summed E-state index contributed by atoms with van der Waals surface area (Å²) in [7, 11) is -3.67. The fraction of sp³-hybridized carbons (Fsp3) is 0.368. The average molecular weight is 419 g/mol. The molecule has 1 aliphatic heterocycles. The largest absolute Gasteiger partial charge is 0.310 e. The fourth-order valence-corrected chi connectivity index (χ4v) is 6.37. The van der Waals surface area contributed by atoms with Crippen molar-refractivity contribution in [2.45, 2.75) is 37.6 Å². The standard InChI is InChI=1S/C19H22N4O3S2/c1-2-23-15-9-5-4-8-14(15)20-19(23)21-18(24)17-16(10-13-27-17)28(25,26)22-11-6-3-7-12-22/h4-5,8-10,13H,2-3,6-7,11-12H2,1H3,(H,20,21,24). The highest BCUT2D eigenvalue weighted by molar-refractivity contribution is 7.89. The summed E-state index contributed by atoms with van der Waals surface area (Å²) in [5.74, 6) is -0.0287. The number of hydrogen-bond donors (Lipinski definition) is 1. The van der Waals surface area contributed by atoms with Gasteiger partial charge in [-0.25, -0.2) is 13.4 Å². The van der Waals surface area contributed by atoms with Crippen LogP contribution in [0.5, 0.6) is 0 Å². The number of anilines is 1. The first-order chi connectivity index (χ1) is 13.5. The van der Waals surface area contributed by atoms with Crippen molar-refractivity contribution >= 4 is 44.2 Å². The molecule has 0 unspecified atom stereocenters. The zero-order valence-electron chi connectivity index (χ0n) is 15.6. The van der Waals surface area contributed by atoms with Crippen LogP contribution in [0.15, 0.2) is 40.6 Å². The van der Waals surface area contributed by atoms with Crippen molar-refractivity contribution in [3.8, 4) is 0 Å². The zero-order valence-corrected chi connectivity index (χ0v) is 17.2. The second kappa shape index (κ2) is 7.65. The quantitative estimate of drug-likeness (QED) is 0.687. The number of rotatable bonds is 5. The Morgan fingerprint density at radius 2 is 1.93 bits per heavy atom. The normalized spacial score (nSPS) is 15.8. The van der Waals surface area contributed by atoms with Crippen LogP contribution in [0.3, 0.4) is 0 Å². The van der Waals surface area contributed by atoms with E-state index in [2.05, 4.69) is 10.3 Å². The van der Waals surface area contributed by atoms with Crippen LogP contribution < -0.4 is 5.32 Å². The van der Waals surface area contributed by atoms with Crippen molar-refractivity contribution in [2.24, 2.45) is 0 Å². The second-order valence-corrected chi connectivity index (χ2v) is 9.52. The first-order valence-electron chi connectivity index (χ1n) is 9.36. The summed E-state index contributed by atoms with van der Waals surface area (Å²) in [6.45, 7) is 3.62. The molecule has 1 fully saturated rings. The number of carbonyl (C=O) groups is 1. The second-order valence-electron chi connectivity index (χ2n) is 6.70. The van der Waals surface area contributed by atoms with E-state index in [0.717, 1.165) is 41.6 Å². The smallest absolute Gasteiger partial charge is 0.269 e. The van der Waals surface area contributed by atoms with Gasteiger partial charge in [0, 0.05) is 19.6 Å². The van der Waals surface area contributed by atoms with Crippen molar-refractivity contribution in [1.82, 2.24) is 13.9 Å². The van der Waals surface area contributed by atoms with Crippen LogP contribution in [-0.4, -0.2) is 41.3 Å². The number of aryl methyl sites for hydroxylation is 1. The number of amides is 1. The summed E-state index contributed by atoms with van der Waals surface area (Å²) in [6.07, 6.45) is 2.74. The van der Waals surface area contributed by atoms with Crippen LogP contribution in [0.1, 0.15) is 35.9 Å². The molecule has 1 aliphatic rings. The van der Waals surface area contributed by atoms with Gasteiger partial charge in [-0.05, 0) is 43.3 Å². The van der Waals surface area contributed by atoms with Crippen molar-refractivity contribution in [2.75, 3.05) is 18.4 Å². The van der Waals surface area contributed by atoms with Crippen LogP contribution >= 0.6 is 11.3 Å². The average Bonchev–Trinajstić information content (AvgIpc) is 3.33. The van der Waals surface area contributed by atoms with Gasteiger partial charge < -0.3 is 4.57 Å². The number of benzene rings is 1. The molecule has 148 valence electrons. The highest BCUT2D eigenvalue weighted by Crippen LogP contribution is 2.28. The number of nitrogens with zero attached hydrogens (tertiary/aromatic N) is 3. The summed E-state index contributed by atoms with van der Waals surface area (Å²) >= 11 is 1.13. The van der Waals surface area contributed by atoms with Crippen LogP contribution in [0.4, 0.5) is 5.95 Å². The van der Waals surface area contributed by atoms with Crippen molar-refractivity contribution in [3.63, 3.8) is 0 Å². The molecule has 0 bridgehead atoms. The Labute approximate surface area is 168 Å². The van der Waals surface area contributed by atoms with E-state index in [1.807, 2.05) is 35.8 Å². The monoisotopic (exact) mass is 418 g/mol. The lowest BCUT2D eigenvalue weighted by atomic mass is 10.2. The van der Waals surface area contributed by atoms with Crippen LogP contribution in [0, 0.1) is 0 Å². The molecule has 3 heterocycles. The molecular formula is C19H22N4O3S2. The summed E-state index contributed by atoms with van der Waals surface area (Å²) in [5, 5.41) is 4.46. The van der Waals surface area contributed by atoms with E-state index >= 15 is 0 Å². The lowest BCUT2D eigenvalue weighted by Crippen LogP contribution is -2.36. The third-order valence-corrected chi connectivity index (χ3v) is 7.95. The maximum atomic E-state index is 13.0. The third-order valence-electron chi connectivity index (χ3n) is 4.96. The molecule has 4 rings (SSSR count). The summed E-state index contributed by atoms with van der Waals surface area (Å²) in [4.78, 5) is 17.7. The van der Waals surface area contributed by atoms with Crippen LogP contribution in [0.2, 0.25) is 0 Å². The minimum absolute atomic E-state index is 0.0797. The molecule has 7 nitrogen and oxygen atoms in total. The summed E-state index contributed by atoms with van der Waals surface area (Å²) in [6, 6.07) is 9.16. The number of hydrogen-bond acceptors (Lipinski definition) is 5. The number of fused-ring (bicyclic) bond motifs is 1. The Hall–Kier alpha value is -2.23. The first-order valence-corrected chi connectivity index (χ1v) is 11.7. The Bertz CT molecular complexity index is 1110. The van der Waals surface area contributed by atoms with Gasteiger partial charge in [0.05, 0.1) is 11.0 Å². The molecule has 0 spiro atoms. The highest BCUT2D eigenvalue weighted by atomic mass is 32.2. The molecule has 1 amide bonds. The molecule has 9 heteroatoms. The topological polar surface area (TPSA) is 84.3 Å². The number of aromatic nitrogens is 2. The lowest BCUT2D eigenvalue weighted by Gasteiger charge is -2.25. The minimum atomic E-state index is -3.67. The molecule has 28 heavy (non-hydrogen) atoms. The van der Waals surface area contributed by atoms with Crippen LogP contribution in [0.25, 0.3) is 11.0 Å². The van der Waals surface area contributed by atoms with E-state index in [4.69, 9.17) is 0 Å². The number of imidazole rings is 1. The van der Waals surface area contributed by atoms with E-state index in [0.29, 0.717) is 25.6 Å². The van der Waals surface area contributed by atoms with Gasteiger partial charge in [0.1, 0.15) is 9.77 Å². The lowest BCUT2D eigenvalue weighted by molar-refractivity contribution is 0.102. The fourth-order valence-electron chi connectivity index (χ4n) is 3.56. The van der Waals surface area contributed by atoms with Gasteiger partial charge in [0.2, 0.25) is 16.0 Å². The van der Waals surface area contributed by atoms with Crippen LogP contribution in [-0.2, 0) is 16.6 Å². The Balaban J connectivity index is 1.65. The van der Waals surface area contributed by atoms with Gasteiger partial charge in [-0.3, -0.25) is 10.1 Å². The van der Waals surface area contributed by atoms with Gasteiger partial charge in [-0.15, -0.1) is 11.3 Å². The number of piperidine rings is 1. The molecule has 0 saturated carbocycles. The van der Waals surface area contributed by atoms with Gasteiger partial charge in [-0.2, -0.15) is 4.31 Å². The SMILES string of the molecule is CCn1c(NC(=O)c2sccc2S(=O)(=O)N2CCCCC2)nc2ccccc21. The van der Waals surface area contributed by atoms with E-state index in [-0.39, 0.29) is 9.77 Å². The number of thiophene rings is 1. The van der Waals surface area contributed by atoms with E-state index in [1.165, 1.54) is 10.4 Å². The Morgan fingerprint density at radius 3 is 2.68 bits per heavy atom. The predicted molar refractivity (Wildman–Crippen MR) is 110 cm³/mol. The molecule has 1 aromatic carbocycles. The molecule has 0 radical (unpaired) electrons. The number of nitrogens with one attached hydrogen (secondary N) is 1. The maximum Gasteiger partial charge on any atom is 0.269 e. The van der Waals surface area contributed by atoms with Gasteiger partial charge >= 0.3 is 0 Å². The van der Waals surface area contributed by atoms with Gasteiger partial charge in [0.15, 0.2) is 0 Å². The number of sulfonamides is 1. The Kier molecular flexibility index (Phi) is 5.22. The summed E-state index contributed by atoms with van der Waals surface area (Å²) < 4.78 is 29.4. The summed E-state index contributed by atoms with van der Waals surface area (Å²) in [5.41, 5.74) is 1.71. The first kappa shape index (κ1) is 19.1. The maximum absolute atomic E-state index is 13.0. The van der Waals surface area contributed by atoms with E-state index < -0.39 is 15.9 Å². The number of para-hydroxylation sites is 2. The molecular weight excluding hydrogens is 396 g/mol. The Morgan fingerprint density at radius 1 is 1.18 bits per heavy atom. The van der Waals surface area contributed by atoms with Crippen molar-refractivity contribution in [3.05, 3.63) is 40.6 Å². The van der Waals surface area contributed by atoms with Crippen molar-refractivity contribution in [1.29, 1.82) is 0 Å². The highest BCUT2D eigenvalue weighted by Gasteiger charge is 2.31. The zero-order chi connectivity index (χ0) is 19.7. The predicted octanol–water partition coefficient (Wildman–Crippen LogP) is 3.54. The number of carbonyl (C=O) groups excluding carboxylic acids is 1.